The number of para-hydroxylation sites is 1. The quantitative estimate of drug-likeness (QED) is 0.804. The van der Waals surface area contributed by atoms with E-state index in [-0.39, 0.29) is 17.6 Å². The lowest BCUT2D eigenvalue weighted by molar-refractivity contribution is -0.121. The van der Waals surface area contributed by atoms with Gasteiger partial charge in [-0.15, -0.1) is 11.8 Å². The summed E-state index contributed by atoms with van der Waals surface area (Å²) in [5.74, 6) is -0.167. The van der Waals surface area contributed by atoms with Crippen LogP contribution < -0.4 is 5.32 Å². The molecule has 1 aliphatic heterocycles. The normalized spacial score (nSPS) is 18.1. The van der Waals surface area contributed by atoms with Crippen LogP contribution in [0, 0.1) is 11.7 Å². The number of benzene rings is 2. The summed E-state index contributed by atoms with van der Waals surface area (Å²) >= 11 is 1.63. The van der Waals surface area contributed by atoms with E-state index in [1.165, 1.54) is 6.07 Å². The average molecular weight is 358 g/mol. The van der Waals surface area contributed by atoms with Crippen LogP contribution in [0.4, 0.5) is 10.1 Å². The van der Waals surface area contributed by atoms with Gasteiger partial charge in [0.2, 0.25) is 5.91 Å². The fraction of sp³-hybridized carbons (Fsp3) is 0.350. The Kier molecular flexibility index (Phi) is 6.10. The molecule has 132 valence electrons. The zero-order valence-electron chi connectivity index (χ0n) is 14.4. The Morgan fingerprint density at radius 2 is 2.12 bits per heavy atom. The zero-order chi connectivity index (χ0) is 17.6. The van der Waals surface area contributed by atoms with Gasteiger partial charge in [-0.2, -0.15) is 0 Å². The molecule has 2 aromatic rings. The van der Waals surface area contributed by atoms with Crippen molar-refractivity contribution in [1.82, 2.24) is 4.90 Å². The van der Waals surface area contributed by atoms with Crippen LogP contribution in [0.3, 0.4) is 0 Å². The Morgan fingerprint density at radius 1 is 1.28 bits per heavy atom. The van der Waals surface area contributed by atoms with Gasteiger partial charge in [-0.3, -0.25) is 9.69 Å². The first-order chi connectivity index (χ1) is 12.2. The van der Waals surface area contributed by atoms with Crippen LogP contribution >= 0.6 is 11.8 Å². The minimum atomic E-state index is -0.211. The number of likely N-dealkylation sites (tertiary alicyclic amines) is 1. The van der Waals surface area contributed by atoms with Crippen molar-refractivity contribution < 1.29 is 9.18 Å². The molecule has 0 saturated carbocycles. The molecule has 1 atom stereocenters. The molecule has 0 aliphatic carbocycles. The van der Waals surface area contributed by atoms with Gasteiger partial charge in [0.05, 0.1) is 11.6 Å². The third-order valence-electron chi connectivity index (χ3n) is 4.54. The molecule has 1 saturated heterocycles. The highest BCUT2D eigenvalue weighted by molar-refractivity contribution is 7.98. The van der Waals surface area contributed by atoms with Crippen LogP contribution in [0.1, 0.15) is 18.4 Å². The molecule has 1 unspecified atom stereocenters. The minimum absolute atomic E-state index is 0.0304. The van der Waals surface area contributed by atoms with Crippen LogP contribution in [-0.4, -0.2) is 30.2 Å². The Morgan fingerprint density at radius 3 is 2.92 bits per heavy atom. The lowest BCUT2D eigenvalue weighted by Crippen LogP contribution is -2.40. The Balaban J connectivity index is 1.61. The van der Waals surface area contributed by atoms with Crippen molar-refractivity contribution in [2.24, 2.45) is 5.92 Å². The SMILES string of the molecule is CSc1ccccc1NC(=O)C1CCCN(Cc2cccc(F)c2)C1. The summed E-state index contributed by atoms with van der Waals surface area (Å²) in [6.45, 7) is 2.34. The molecular formula is C20H23FN2OS. The van der Waals surface area contributed by atoms with E-state index in [2.05, 4.69) is 10.2 Å². The molecule has 0 aromatic heterocycles. The van der Waals surface area contributed by atoms with E-state index < -0.39 is 0 Å². The van der Waals surface area contributed by atoms with Crippen molar-refractivity contribution in [2.75, 3.05) is 24.7 Å². The molecule has 0 spiro atoms. The van der Waals surface area contributed by atoms with Gasteiger partial charge in [-0.1, -0.05) is 24.3 Å². The average Bonchev–Trinajstić information content (AvgIpc) is 2.62. The summed E-state index contributed by atoms with van der Waals surface area (Å²) in [7, 11) is 0. The van der Waals surface area contributed by atoms with E-state index >= 15 is 0 Å². The first kappa shape index (κ1) is 18.0. The molecule has 3 nitrogen and oxygen atoms in total. The highest BCUT2D eigenvalue weighted by atomic mass is 32.2. The third-order valence-corrected chi connectivity index (χ3v) is 5.33. The molecule has 1 fully saturated rings. The molecule has 0 radical (unpaired) electrons. The van der Waals surface area contributed by atoms with Crippen molar-refractivity contribution in [3.05, 3.63) is 59.9 Å². The van der Waals surface area contributed by atoms with Crippen molar-refractivity contribution >= 4 is 23.4 Å². The molecule has 3 rings (SSSR count). The van der Waals surface area contributed by atoms with Crippen LogP contribution in [0.2, 0.25) is 0 Å². The molecule has 0 bridgehead atoms. The number of hydrogen-bond donors (Lipinski definition) is 1. The lowest BCUT2D eigenvalue weighted by Gasteiger charge is -2.32. The number of carbonyl (C=O) groups is 1. The van der Waals surface area contributed by atoms with Gasteiger partial charge < -0.3 is 5.32 Å². The van der Waals surface area contributed by atoms with Crippen LogP contribution in [-0.2, 0) is 11.3 Å². The molecule has 2 aromatic carbocycles. The Hall–Kier alpha value is -1.85. The number of amides is 1. The van der Waals surface area contributed by atoms with Gasteiger partial charge in [-0.25, -0.2) is 4.39 Å². The molecule has 1 N–H and O–H groups in total. The number of anilines is 1. The molecule has 1 amide bonds. The highest BCUT2D eigenvalue weighted by Crippen LogP contribution is 2.26. The first-order valence-corrected chi connectivity index (χ1v) is 9.79. The fourth-order valence-electron chi connectivity index (χ4n) is 3.29. The van der Waals surface area contributed by atoms with Gasteiger partial charge in [0.1, 0.15) is 5.82 Å². The third kappa shape index (κ3) is 4.83. The number of thioether (sulfide) groups is 1. The van der Waals surface area contributed by atoms with Gasteiger partial charge >= 0.3 is 0 Å². The summed E-state index contributed by atoms with van der Waals surface area (Å²) < 4.78 is 13.4. The van der Waals surface area contributed by atoms with E-state index in [0.29, 0.717) is 13.1 Å². The smallest absolute Gasteiger partial charge is 0.228 e. The van der Waals surface area contributed by atoms with Crippen LogP contribution in [0.15, 0.2) is 53.4 Å². The summed E-state index contributed by atoms with van der Waals surface area (Å²) in [4.78, 5) is 16.0. The predicted octanol–water partition coefficient (Wildman–Crippen LogP) is 4.40. The van der Waals surface area contributed by atoms with Gasteiger partial charge in [0, 0.05) is 18.0 Å². The van der Waals surface area contributed by atoms with Crippen molar-refractivity contribution in [1.29, 1.82) is 0 Å². The van der Waals surface area contributed by atoms with E-state index in [9.17, 15) is 9.18 Å². The van der Waals surface area contributed by atoms with E-state index in [1.807, 2.05) is 36.6 Å². The zero-order valence-corrected chi connectivity index (χ0v) is 15.2. The number of carbonyl (C=O) groups excluding carboxylic acids is 1. The Labute approximate surface area is 152 Å². The molecular weight excluding hydrogens is 335 g/mol. The van der Waals surface area contributed by atoms with Gasteiger partial charge in [0.25, 0.3) is 0 Å². The standard InChI is InChI=1S/C20H23FN2OS/c1-25-19-10-3-2-9-18(19)22-20(24)16-7-5-11-23(14-16)13-15-6-4-8-17(21)12-15/h2-4,6,8-10,12,16H,5,7,11,13-14H2,1H3,(H,22,24). The molecule has 25 heavy (non-hydrogen) atoms. The topological polar surface area (TPSA) is 32.3 Å². The van der Waals surface area contributed by atoms with Crippen molar-refractivity contribution in [3.8, 4) is 0 Å². The first-order valence-electron chi connectivity index (χ1n) is 8.56. The number of nitrogens with one attached hydrogen (secondary N) is 1. The predicted molar refractivity (Wildman–Crippen MR) is 101 cm³/mol. The van der Waals surface area contributed by atoms with Crippen molar-refractivity contribution in [2.45, 2.75) is 24.3 Å². The van der Waals surface area contributed by atoms with Crippen LogP contribution in [0.5, 0.6) is 0 Å². The summed E-state index contributed by atoms with van der Waals surface area (Å²) in [5.41, 5.74) is 1.83. The van der Waals surface area contributed by atoms with Crippen LogP contribution in [0.25, 0.3) is 0 Å². The molecule has 1 heterocycles. The lowest BCUT2D eigenvalue weighted by atomic mass is 9.96. The number of piperidine rings is 1. The number of rotatable bonds is 5. The Bertz CT molecular complexity index is 737. The molecule has 1 aliphatic rings. The summed E-state index contributed by atoms with van der Waals surface area (Å²) in [6.07, 6.45) is 3.89. The van der Waals surface area contributed by atoms with E-state index in [1.54, 1.807) is 23.9 Å². The number of halogens is 1. The van der Waals surface area contributed by atoms with Gasteiger partial charge in [0.15, 0.2) is 0 Å². The maximum absolute atomic E-state index is 13.4. The number of hydrogen-bond acceptors (Lipinski definition) is 3. The summed E-state index contributed by atoms with van der Waals surface area (Å²) in [6, 6.07) is 14.6. The second-order valence-electron chi connectivity index (χ2n) is 6.39. The van der Waals surface area contributed by atoms with E-state index in [0.717, 1.165) is 35.5 Å². The fourth-order valence-corrected chi connectivity index (χ4v) is 3.84. The van der Waals surface area contributed by atoms with Crippen molar-refractivity contribution in [3.63, 3.8) is 0 Å². The summed E-state index contributed by atoms with van der Waals surface area (Å²) in [5, 5.41) is 3.08. The molecule has 5 heteroatoms. The number of nitrogens with zero attached hydrogens (tertiary/aromatic N) is 1. The highest BCUT2D eigenvalue weighted by Gasteiger charge is 2.26. The second kappa shape index (κ2) is 8.50. The van der Waals surface area contributed by atoms with E-state index in [4.69, 9.17) is 0 Å². The second-order valence-corrected chi connectivity index (χ2v) is 7.24. The maximum Gasteiger partial charge on any atom is 0.228 e. The monoisotopic (exact) mass is 358 g/mol. The largest absolute Gasteiger partial charge is 0.325 e. The minimum Gasteiger partial charge on any atom is -0.325 e. The van der Waals surface area contributed by atoms with Gasteiger partial charge in [-0.05, 0) is 55.5 Å². The maximum atomic E-state index is 13.4.